The SMILES string of the molecule is [2H]C([2H])([2H])n1[c](=[Pt])n(-c2cc(Oc3ccc4c(c3)N(c3cc(C)ccn3)CC3CC43)cc(C(C)(C)C)c2)c2ccccc21. The van der Waals surface area contributed by atoms with E-state index < -0.39 is 6.98 Å². The number of benzene rings is 3. The number of anilines is 2. The number of ether oxygens (including phenoxy) is 1. The Balaban J connectivity index is 1.34. The molecular weight excluding hydrogens is 675 g/mol. The standard InChI is InChI=1S/C34H34N4O.Pt/c1-22-12-13-35-33(14-22)37-20-23-15-29(23)28-11-10-26(19-32(28)37)39-27-17-24(34(2,3)4)16-25(18-27)38-21-36(5)30-8-6-7-9-31(30)38;/h6-14,16-19,23,29H,15,20H2,1-5H3;/i5D3;. The van der Waals surface area contributed by atoms with E-state index in [0.717, 1.165) is 40.6 Å². The van der Waals surface area contributed by atoms with Crippen LogP contribution in [-0.2, 0) is 31.7 Å². The third kappa shape index (κ3) is 4.36. The summed E-state index contributed by atoms with van der Waals surface area (Å²) in [5, 5.41) is 0. The zero-order valence-electron chi connectivity index (χ0n) is 26.1. The summed E-state index contributed by atoms with van der Waals surface area (Å²) in [5.74, 6) is 3.71. The summed E-state index contributed by atoms with van der Waals surface area (Å²) in [4.78, 5) is 7.04. The number of aryl methyl sites for hydroxylation is 2. The average molecular weight is 713 g/mol. The summed E-state index contributed by atoms with van der Waals surface area (Å²) in [7, 11) is 0. The molecule has 1 fully saturated rings. The molecule has 1 aliphatic heterocycles. The van der Waals surface area contributed by atoms with Crippen molar-refractivity contribution >= 4 is 22.5 Å². The molecular formula is C34H34N4OPt. The van der Waals surface area contributed by atoms with Crippen molar-refractivity contribution in [2.75, 3.05) is 11.4 Å². The number of imidazole rings is 1. The van der Waals surface area contributed by atoms with Crippen molar-refractivity contribution < 1.29 is 28.2 Å². The Morgan fingerprint density at radius 1 is 0.975 bits per heavy atom. The number of hydrogen-bond donors (Lipinski definition) is 0. The molecule has 0 spiro atoms. The first-order valence-electron chi connectivity index (χ1n) is 15.2. The molecule has 2 atom stereocenters. The van der Waals surface area contributed by atoms with Crippen LogP contribution in [-0.4, -0.2) is 20.7 Å². The summed E-state index contributed by atoms with van der Waals surface area (Å²) >= 11 is 2.12. The van der Waals surface area contributed by atoms with Crippen molar-refractivity contribution in [2.45, 2.75) is 45.4 Å². The van der Waals surface area contributed by atoms with Crippen LogP contribution in [0.3, 0.4) is 0 Å². The van der Waals surface area contributed by atoms with Gasteiger partial charge < -0.3 is 0 Å². The Labute approximate surface area is 250 Å². The maximum atomic E-state index is 8.23. The Morgan fingerprint density at radius 2 is 1.80 bits per heavy atom. The van der Waals surface area contributed by atoms with Gasteiger partial charge in [-0.25, -0.2) is 0 Å². The number of hydrogen-bond acceptors (Lipinski definition) is 3. The van der Waals surface area contributed by atoms with E-state index in [1.54, 1.807) is 0 Å². The average Bonchev–Trinajstić information content (AvgIpc) is 3.66. The second-order valence-corrected chi connectivity index (χ2v) is 13.1. The van der Waals surface area contributed by atoms with Crippen molar-refractivity contribution in [2.24, 2.45) is 12.9 Å². The fraction of sp³-hybridized carbons (Fsp3) is 0.294. The molecule has 7 rings (SSSR count). The molecule has 0 saturated heterocycles. The van der Waals surface area contributed by atoms with Crippen LogP contribution in [0.2, 0.25) is 0 Å². The van der Waals surface area contributed by atoms with Gasteiger partial charge in [0.25, 0.3) is 0 Å². The predicted molar refractivity (Wildman–Crippen MR) is 158 cm³/mol. The number of pyridine rings is 1. The second-order valence-electron chi connectivity index (χ2n) is 12.1. The van der Waals surface area contributed by atoms with Crippen molar-refractivity contribution in [1.29, 1.82) is 0 Å². The Hall–Kier alpha value is -3.43. The van der Waals surface area contributed by atoms with E-state index in [9.17, 15) is 0 Å². The molecule has 6 heteroatoms. The molecule has 5 nitrogen and oxygen atoms in total. The first kappa shape index (κ1) is 22.3. The Morgan fingerprint density at radius 3 is 2.58 bits per heavy atom. The third-order valence-electron chi connectivity index (χ3n) is 8.17. The van der Waals surface area contributed by atoms with Gasteiger partial charge in [0.05, 0.1) is 0 Å². The number of para-hydroxylation sites is 2. The van der Waals surface area contributed by atoms with Crippen LogP contribution in [0.25, 0.3) is 16.7 Å². The molecule has 206 valence electrons. The van der Waals surface area contributed by atoms with Gasteiger partial charge in [-0.05, 0) is 18.6 Å². The van der Waals surface area contributed by atoms with E-state index >= 15 is 0 Å². The minimum absolute atomic E-state index is 0.160. The number of rotatable bonds is 4. The number of nitrogens with zero attached hydrogens (tertiary/aromatic N) is 4. The van der Waals surface area contributed by atoms with Gasteiger partial charge >= 0.3 is 227 Å². The van der Waals surface area contributed by atoms with Gasteiger partial charge in [-0.1, -0.05) is 0 Å². The fourth-order valence-electron chi connectivity index (χ4n) is 5.89. The summed E-state index contributed by atoms with van der Waals surface area (Å²) < 4.78 is 35.4. The molecule has 0 radical (unpaired) electrons. The monoisotopic (exact) mass is 712 g/mol. The molecule has 2 unspecified atom stereocenters. The van der Waals surface area contributed by atoms with Crippen molar-refractivity contribution in [3.63, 3.8) is 0 Å². The molecule has 2 aromatic heterocycles. The van der Waals surface area contributed by atoms with Crippen molar-refractivity contribution in [3.05, 3.63) is 99.5 Å². The first-order chi connectivity index (χ1) is 20.4. The zero-order chi connectivity index (χ0) is 30.3. The summed E-state index contributed by atoms with van der Waals surface area (Å²) in [6, 6.07) is 24.5. The van der Waals surface area contributed by atoms with Crippen LogP contribution in [0.4, 0.5) is 11.5 Å². The van der Waals surface area contributed by atoms with E-state index in [0.29, 0.717) is 26.9 Å². The molecule has 5 aromatic rings. The summed E-state index contributed by atoms with van der Waals surface area (Å²) in [6.07, 6.45) is 3.10. The number of fused-ring (bicyclic) bond motifs is 4. The van der Waals surface area contributed by atoms with Gasteiger partial charge in [0, 0.05) is 6.20 Å². The van der Waals surface area contributed by atoms with Crippen LogP contribution in [0, 0.1) is 16.6 Å². The van der Waals surface area contributed by atoms with E-state index in [2.05, 4.69) is 88.3 Å². The number of aromatic nitrogens is 3. The third-order valence-corrected chi connectivity index (χ3v) is 9.18. The van der Waals surface area contributed by atoms with Gasteiger partial charge in [-0.3, -0.25) is 0 Å². The van der Waals surface area contributed by atoms with E-state index in [-0.39, 0.29) is 5.41 Å². The van der Waals surface area contributed by atoms with Gasteiger partial charge in [0.1, 0.15) is 0 Å². The normalized spacial score (nSPS) is 19.4. The molecule has 0 bridgehead atoms. The fourth-order valence-corrected chi connectivity index (χ4v) is 6.73. The minimum atomic E-state index is -2.31. The van der Waals surface area contributed by atoms with Gasteiger partial charge in [-0.15, -0.1) is 0 Å². The molecule has 3 aromatic carbocycles. The molecule has 3 heterocycles. The molecule has 1 saturated carbocycles. The zero-order valence-corrected chi connectivity index (χ0v) is 25.4. The van der Waals surface area contributed by atoms with Gasteiger partial charge in [0.2, 0.25) is 0 Å². The van der Waals surface area contributed by atoms with Crippen LogP contribution in [0.1, 0.15) is 53.9 Å². The van der Waals surface area contributed by atoms with Gasteiger partial charge in [0.15, 0.2) is 0 Å². The van der Waals surface area contributed by atoms with Crippen LogP contribution in [0.15, 0.2) is 79.0 Å². The van der Waals surface area contributed by atoms with Crippen molar-refractivity contribution in [1.82, 2.24) is 14.1 Å². The van der Waals surface area contributed by atoms with Gasteiger partial charge in [-0.2, -0.15) is 0 Å². The first-order valence-corrected chi connectivity index (χ1v) is 14.9. The van der Waals surface area contributed by atoms with Crippen molar-refractivity contribution in [3.8, 4) is 17.2 Å². The van der Waals surface area contributed by atoms with E-state index in [1.165, 1.54) is 22.1 Å². The molecule has 0 amide bonds. The maximum absolute atomic E-state index is 8.23. The molecule has 0 N–H and O–H groups in total. The second kappa shape index (κ2) is 9.31. The van der Waals surface area contributed by atoms with E-state index in [4.69, 9.17) is 13.8 Å². The summed E-state index contributed by atoms with van der Waals surface area (Å²) in [6.45, 7) is 7.28. The van der Waals surface area contributed by atoms with Crippen LogP contribution >= 0.6 is 0 Å². The van der Waals surface area contributed by atoms with Crippen LogP contribution in [0.5, 0.6) is 11.5 Å². The Kier molecular flexibility index (Phi) is 5.19. The molecule has 40 heavy (non-hydrogen) atoms. The topological polar surface area (TPSA) is 35.2 Å². The molecule has 2 aliphatic rings. The summed E-state index contributed by atoms with van der Waals surface area (Å²) in [5.41, 5.74) is 6.99. The quantitative estimate of drug-likeness (QED) is 0.189. The molecule has 1 aliphatic carbocycles. The van der Waals surface area contributed by atoms with E-state index in [1.807, 2.05) is 47.2 Å². The predicted octanol–water partition coefficient (Wildman–Crippen LogP) is 8.10. The Bertz CT molecular complexity index is 1950. The van der Waals surface area contributed by atoms with Crippen LogP contribution < -0.4 is 9.64 Å².